The van der Waals surface area contributed by atoms with Gasteiger partial charge in [0.15, 0.2) is 5.03 Å². The van der Waals surface area contributed by atoms with Crippen molar-refractivity contribution in [2.75, 3.05) is 27.3 Å². The van der Waals surface area contributed by atoms with E-state index >= 15 is 0 Å². The summed E-state index contributed by atoms with van der Waals surface area (Å²) in [4.78, 5) is 6.55. The van der Waals surface area contributed by atoms with E-state index in [-0.39, 0.29) is 9.85 Å². The van der Waals surface area contributed by atoms with Gasteiger partial charge in [-0.05, 0) is 6.92 Å². The van der Waals surface area contributed by atoms with Gasteiger partial charge in [0, 0.05) is 20.7 Å². The molecule has 6 nitrogen and oxygen atoms in total. The predicted octanol–water partition coefficient (Wildman–Crippen LogP) is 0.749. The van der Waals surface area contributed by atoms with Crippen LogP contribution in [0, 0.1) is 6.92 Å². The average molecular weight is 326 g/mol. The maximum absolute atomic E-state index is 12.1. The fraction of sp³-hybridized carbons (Fsp3) is 0.667. The first-order chi connectivity index (χ1) is 7.87. The minimum Gasteiger partial charge on any atom is -0.383 e. The molecule has 0 spiro atoms. The number of hydrogen-bond acceptors (Lipinski definition) is 4. The third kappa shape index (κ3) is 3.77. The van der Waals surface area contributed by atoms with E-state index in [1.165, 1.54) is 17.5 Å². The second-order valence-electron chi connectivity index (χ2n) is 3.67. The highest BCUT2D eigenvalue weighted by molar-refractivity contribution is 9.09. The molecular weight excluding hydrogens is 310 g/mol. The van der Waals surface area contributed by atoms with E-state index in [0.717, 1.165) is 0 Å². The molecule has 1 aromatic rings. The van der Waals surface area contributed by atoms with Crippen molar-refractivity contribution in [1.82, 2.24) is 14.3 Å². The molecule has 0 fully saturated rings. The van der Waals surface area contributed by atoms with Crippen LogP contribution in [0.25, 0.3) is 0 Å². The highest BCUT2D eigenvalue weighted by atomic mass is 79.9. The quantitative estimate of drug-likeness (QED) is 0.783. The zero-order valence-corrected chi connectivity index (χ0v) is 12.4. The van der Waals surface area contributed by atoms with Crippen molar-refractivity contribution < 1.29 is 13.2 Å². The number of halogens is 1. The van der Waals surface area contributed by atoms with Crippen molar-refractivity contribution in [3.63, 3.8) is 0 Å². The van der Waals surface area contributed by atoms with E-state index in [2.05, 4.69) is 25.9 Å². The van der Waals surface area contributed by atoms with Crippen LogP contribution in [0.4, 0.5) is 0 Å². The Kier molecular flexibility index (Phi) is 5.11. The van der Waals surface area contributed by atoms with Gasteiger partial charge in [-0.3, -0.25) is 0 Å². The first kappa shape index (κ1) is 14.6. The van der Waals surface area contributed by atoms with Crippen LogP contribution >= 0.6 is 15.9 Å². The van der Waals surface area contributed by atoms with Crippen LogP contribution in [0.1, 0.15) is 5.82 Å². The molecule has 17 heavy (non-hydrogen) atoms. The monoisotopic (exact) mass is 325 g/mol. The summed E-state index contributed by atoms with van der Waals surface area (Å²) in [5.41, 5.74) is 0. The molecular formula is C9H16BrN3O3S. The Bertz CT molecular complexity index is 460. The number of nitrogens with zero attached hydrogens (tertiary/aromatic N) is 2. The Morgan fingerprint density at radius 2 is 2.29 bits per heavy atom. The van der Waals surface area contributed by atoms with Crippen LogP contribution in [-0.2, 0) is 14.8 Å². The molecule has 0 aliphatic rings. The molecule has 98 valence electrons. The molecule has 0 aliphatic carbocycles. The number of aromatic nitrogens is 2. The van der Waals surface area contributed by atoms with Gasteiger partial charge in [0.05, 0.1) is 17.6 Å². The van der Waals surface area contributed by atoms with E-state index < -0.39 is 10.0 Å². The van der Waals surface area contributed by atoms with Crippen molar-refractivity contribution in [3.8, 4) is 0 Å². The zero-order valence-electron chi connectivity index (χ0n) is 9.97. The number of hydrogen-bond donors (Lipinski definition) is 1. The van der Waals surface area contributed by atoms with Gasteiger partial charge in [0.2, 0.25) is 0 Å². The second-order valence-corrected chi connectivity index (χ2v) is 6.98. The maximum atomic E-state index is 12.1. The smallest absolute Gasteiger partial charge is 0.259 e. The molecule has 1 rings (SSSR count). The molecule has 1 N–H and O–H groups in total. The Morgan fingerprint density at radius 1 is 1.65 bits per heavy atom. The topological polar surface area (TPSA) is 75.3 Å². The zero-order chi connectivity index (χ0) is 13.1. The number of sulfonamides is 1. The third-order valence-electron chi connectivity index (χ3n) is 2.17. The van der Waals surface area contributed by atoms with Crippen molar-refractivity contribution >= 4 is 26.0 Å². The van der Waals surface area contributed by atoms with Gasteiger partial charge in [0.25, 0.3) is 10.0 Å². The van der Waals surface area contributed by atoms with Gasteiger partial charge in [-0.15, -0.1) is 0 Å². The molecule has 0 amide bonds. The lowest BCUT2D eigenvalue weighted by Crippen LogP contribution is -2.34. The van der Waals surface area contributed by atoms with E-state index in [0.29, 0.717) is 19.0 Å². The van der Waals surface area contributed by atoms with E-state index in [4.69, 9.17) is 4.74 Å². The number of rotatable bonds is 6. The molecule has 1 heterocycles. The van der Waals surface area contributed by atoms with Crippen LogP contribution in [0.2, 0.25) is 0 Å². The molecule has 0 saturated carbocycles. The Hall–Kier alpha value is -0.440. The third-order valence-corrected chi connectivity index (χ3v) is 4.46. The Labute approximate surface area is 110 Å². The lowest BCUT2D eigenvalue weighted by molar-refractivity contribution is 0.195. The lowest BCUT2D eigenvalue weighted by atomic mass is 10.4. The first-order valence-electron chi connectivity index (χ1n) is 4.99. The maximum Gasteiger partial charge on any atom is 0.259 e. The van der Waals surface area contributed by atoms with Gasteiger partial charge in [-0.2, -0.15) is 4.31 Å². The average Bonchev–Trinajstić information content (AvgIpc) is 2.65. The predicted molar refractivity (Wildman–Crippen MR) is 67.7 cm³/mol. The number of H-pyrrole nitrogens is 1. The van der Waals surface area contributed by atoms with E-state index in [1.54, 1.807) is 14.0 Å². The molecule has 1 aromatic heterocycles. The van der Waals surface area contributed by atoms with Gasteiger partial charge in [0.1, 0.15) is 5.82 Å². The summed E-state index contributed by atoms with van der Waals surface area (Å²) in [6, 6.07) is 0. The fourth-order valence-electron chi connectivity index (χ4n) is 1.31. The number of aromatic amines is 1. The SMILES string of the molecule is COCC(Br)CN(C)S(=O)(=O)c1cnc(C)[nH]1. The van der Waals surface area contributed by atoms with Crippen molar-refractivity contribution in [2.24, 2.45) is 0 Å². The Morgan fingerprint density at radius 3 is 2.76 bits per heavy atom. The summed E-state index contributed by atoms with van der Waals surface area (Å²) in [6.07, 6.45) is 1.32. The molecule has 0 bridgehead atoms. The standard InChI is InChI=1S/C9H16BrN3O3S/c1-7-11-4-9(12-7)17(14,15)13(2)5-8(10)6-16-3/h4,8H,5-6H2,1-3H3,(H,11,12). The highest BCUT2D eigenvalue weighted by Crippen LogP contribution is 2.13. The number of ether oxygens (including phenoxy) is 1. The summed E-state index contributed by atoms with van der Waals surface area (Å²) in [5, 5.41) is 0.106. The number of imidazole rings is 1. The van der Waals surface area contributed by atoms with Crippen molar-refractivity contribution in [3.05, 3.63) is 12.0 Å². The lowest BCUT2D eigenvalue weighted by Gasteiger charge is -2.18. The van der Waals surface area contributed by atoms with Crippen LogP contribution in [0.15, 0.2) is 11.2 Å². The number of nitrogens with one attached hydrogen (secondary N) is 1. The molecule has 0 aliphatic heterocycles. The fourth-order valence-corrected chi connectivity index (χ4v) is 3.37. The largest absolute Gasteiger partial charge is 0.383 e. The minimum atomic E-state index is -3.50. The van der Waals surface area contributed by atoms with Crippen molar-refractivity contribution in [2.45, 2.75) is 16.8 Å². The first-order valence-corrected chi connectivity index (χ1v) is 7.34. The highest BCUT2D eigenvalue weighted by Gasteiger charge is 2.24. The van der Waals surface area contributed by atoms with E-state index in [1.807, 2.05) is 0 Å². The van der Waals surface area contributed by atoms with E-state index in [9.17, 15) is 8.42 Å². The summed E-state index contributed by atoms with van der Waals surface area (Å²) < 4.78 is 30.4. The number of methoxy groups -OCH3 is 1. The van der Waals surface area contributed by atoms with Gasteiger partial charge < -0.3 is 9.72 Å². The number of aryl methyl sites for hydroxylation is 1. The molecule has 1 atom stereocenters. The van der Waals surface area contributed by atoms with Crippen LogP contribution in [0.3, 0.4) is 0 Å². The van der Waals surface area contributed by atoms with Crippen molar-refractivity contribution in [1.29, 1.82) is 0 Å². The molecule has 0 saturated heterocycles. The van der Waals surface area contributed by atoms with Gasteiger partial charge in [-0.25, -0.2) is 13.4 Å². The molecule has 0 radical (unpaired) electrons. The van der Waals surface area contributed by atoms with Gasteiger partial charge >= 0.3 is 0 Å². The minimum absolute atomic E-state index is 0.0451. The summed E-state index contributed by atoms with van der Waals surface area (Å²) in [6.45, 7) is 2.48. The molecule has 0 aromatic carbocycles. The number of alkyl halides is 1. The van der Waals surface area contributed by atoms with Crippen LogP contribution < -0.4 is 0 Å². The molecule has 8 heteroatoms. The normalized spacial score (nSPS) is 14.2. The van der Waals surface area contributed by atoms with Crippen LogP contribution in [-0.4, -0.2) is 54.8 Å². The summed E-state index contributed by atoms with van der Waals surface area (Å²) in [7, 11) is -0.408. The molecule has 1 unspecified atom stereocenters. The van der Waals surface area contributed by atoms with Crippen LogP contribution in [0.5, 0.6) is 0 Å². The summed E-state index contributed by atoms with van der Waals surface area (Å²) in [5.74, 6) is 0.573. The second kappa shape index (κ2) is 5.94. The Balaban J connectivity index is 2.77. The summed E-state index contributed by atoms with van der Waals surface area (Å²) >= 11 is 3.35. The van der Waals surface area contributed by atoms with Gasteiger partial charge in [-0.1, -0.05) is 15.9 Å².